The number of benzene rings is 1. The number of nitrogens with two attached hydrogens (primary N) is 1. The average Bonchev–Trinajstić information content (AvgIpc) is 2.40. The van der Waals surface area contributed by atoms with E-state index in [0.29, 0.717) is 11.3 Å². The van der Waals surface area contributed by atoms with E-state index in [9.17, 15) is 12.8 Å². The Balaban J connectivity index is 3.31. The van der Waals surface area contributed by atoms with E-state index in [2.05, 4.69) is 0 Å². The maximum atomic E-state index is 13.8. The van der Waals surface area contributed by atoms with E-state index < -0.39 is 15.8 Å². The van der Waals surface area contributed by atoms with Crippen molar-refractivity contribution in [2.45, 2.75) is 31.3 Å². The summed E-state index contributed by atoms with van der Waals surface area (Å²) in [4.78, 5) is -0.00611. The summed E-state index contributed by atoms with van der Waals surface area (Å²) in [6.07, 6.45) is 1.91. The van der Waals surface area contributed by atoms with E-state index >= 15 is 0 Å². The van der Waals surface area contributed by atoms with Crippen molar-refractivity contribution in [2.75, 3.05) is 19.1 Å². The van der Waals surface area contributed by atoms with Gasteiger partial charge < -0.3 is 5.73 Å². The number of hydrogen-bond acceptors (Lipinski definition) is 4. The molecule has 0 fully saturated rings. The molecule has 1 rings (SSSR count). The highest BCUT2D eigenvalue weighted by atomic mass is 32.2. The van der Waals surface area contributed by atoms with Gasteiger partial charge in [0.25, 0.3) is 0 Å². The van der Waals surface area contributed by atoms with Crippen LogP contribution in [0.25, 0.3) is 0 Å². The van der Waals surface area contributed by atoms with E-state index in [4.69, 9.17) is 5.73 Å². The van der Waals surface area contributed by atoms with Crippen LogP contribution in [0.1, 0.15) is 18.1 Å². The summed E-state index contributed by atoms with van der Waals surface area (Å²) >= 11 is 1.56. The number of thioether (sulfide) groups is 1. The zero-order chi connectivity index (χ0) is 15.5. The Morgan fingerprint density at radius 2 is 2.05 bits per heavy atom. The third-order valence-corrected chi connectivity index (χ3v) is 6.19. The summed E-state index contributed by atoms with van der Waals surface area (Å²) in [6.45, 7) is 3.39. The van der Waals surface area contributed by atoms with Crippen LogP contribution in [0.3, 0.4) is 0 Å². The number of halogens is 1. The highest BCUT2D eigenvalue weighted by Crippen LogP contribution is 2.24. The van der Waals surface area contributed by atoms with Gasteiger partial charge in [0.2, 0.25) is 10.0 Å². The molecular formula is C13H21FN2O2S2. The molecule has 0 aromatic heterocycles. The zero-order valence-electron chi connectivity index (χ0n) is 12.2. The number of sulfonamides is 1. The van der Waals surface area contributed by atoms with Gasteiger partial charge in [0.15, 0.2) is 0 Å². The predicted molar refractivity (Wildman–Crippen MR) is 81.8 cm³/mol. The minimum Gasteiger partial charge on any atom is -0.326 e. The van der Waals surface area contributed by atoms with Crippen LogP contribution >= 0.6 is 11.8 Å². The quantitative estimate of drug-likeness (QED) is 0.870. The lowest BCUT2D eigenvalue weighted by Gasteiger charge is -2.25. The van der Waals surface area contributed by atoms with Crippen LogP contribution < -0.4 is 5.73 Å². The summed E-state index contributed by atoms with van der Waals surface area (Å²) in [5.74, 6) is 0.130. The van der Waals surface area contributed by atoms with Gasteiger partial charge in [-0.25, -0.2) is 12.8 Å². The first-order valence-corrected chi connectivity index (χ1v) is 9.05. The van der Waals surface area contributed by atoms with Gasteiger partial charge in [-0.05, 0) is 37.8 Å². The van der Waals surface area contributed by atoms with Crippen molar-refractivity contribution in [1.82, 2.24) is 4.31 Å². The van der Waals surface area contributed by atoms with E-state index in [1.165, 1.54) is 30.4 Å². The molecule has 0 aliphatic rings. The predicted octanol–water partition coefficient (Wildman–Crippen LogP) is 1.96. The summed E-state index contributed by atoms with van der Waals surface area (Å²) in [7, 11) is -2.21. The minimum atomic E-state index is -3.72. The van der Waals surface area contributed by atoms with Crippen LogP contribution in [0, 0.1) is 12.7 Å². The minimum absolute atomic E-state index is 0.00611. The van der Waals surface area contributed by atoms with Gasteiger partial charge in [0.1, 0.15) is 5.82 Å². The second kappa shape index (κ2) is 6.89. The van der Waals surface area contributed by atoms with Gasteiger partial charge >= 0.3 is 0 Å². The van der Waals surface area contributed by atoms with E-state index in [1.54, 1.807) is 11.8 Å². The second-order valence-corrected chi connectivity index (χ2v) is 7.61. The summed E-state index contributed by atoms with van der Waals surface area (Å²) in [5.41, 5.74) is 6.09. The normalized spacial score (nSPS) is 13.8. The SMILES string of the molecule is CSCC(C)N(C)S(=O)(=O)c1cc(CN)cc(F)c1C. The number of rotatable bonds is 6. The lowest BCUT2D eigenvalue weighted by molar-refractivity contribution is 0.414. The van der Waals surface area contributed by atoms with Gasteiger partial charge in [-0.15, -0.1) is 0 Å². The van der Waals surface area contributed by atoms with Crippen LogP contribution in [0.2, 0.25) is 0 Å². The molecule has 0 aliphatic carbocycles. The van der Waals surface area contributed by atoms with Gasteiger partial charge in [-0.1, -0.05) is 0 Å². The molecule has 0 bridgehead atoms. The van der Waals surface area contributed by atoms with Crippen LogP contribution in [-0.2, 0) is 16.6 Å². The fraction of sp³-hybridized carbons (Fsp3) is 0.538. The standard InChI is InChI=1S/C13H21FN2O2S2/c1-9(8-19-4)16(3)20(17,18)13-6-11(7-15)5-12(14)10(13)2/h5-6,9H,7-8,15H2,1-4H3. The number of nitrogens with zero attached hydrogens (tertiary/aromatic N) is 1. The van der Waals surface area contributed by atoms with E-state index in [1.807, 2.05) is 13.2 Å². The largest absolute Gasteiger partial charge is 0.326 e. The van der Waals surface area contributed by atoms with Crippen molar-refractivity contribution in [3.8, 4) is 0 Å². The Morgan fingerprint density at radius 1 is 1.45 bits per heavy atom. The van der Waals surface area contributed by atoms with Crippen molar-refractivity contribution in [2.24, 2.45) is 5.73 Å². The van der Waals surface area contributed by atoms with Crippen LogP contribution in [0.4, 0.5) is 4.39 Å². The molecule has 0 saturated carbocycles. The number of hydrogen-bond donors (Lipinski definition) is 1. The Morgan fingerprint density at radius 3 is 2.55 bits per heavy atom. The fourth-order valence-electron chi connectivity index (χ4n) is 1.83. The highest BCUT2D eigenvalue weighted by molar-refractivity contribution is 7.98. The molecule has 0 radical (unpaired) electrons. The topological polar surface area (TPSA) is 63.4 Å². The first-order valence-electron chi connectivity index (χ1n) is 6.21. The third-order valence-electron chi connectivity index (χ3n) is 3.28. The maximum absolute atomic E-state index is 13.8. The van der Waals surface area contributed by atoms with Gasteiger partial charge in [-0.3, -0.25) is 0 Å². The molecular weight excluding hydrogens is 299 g/mol. The zero-order valence-corrected chi connectivity index (χ0v) is 13.8. The van der Waals surface area contributed by atoms with Crippen molar-refractivity contribution in [3.63, 3.8) is 0 Å². The van der Waals surface area contributed by atoms with Crippen molar-refractivity contribution >= 4 is 21.8 Å². The Labute approximate surface area is 124 Å². The summed E-state index contributed by atoms with van der Waals surface area (Å²) in [6, 6.07) is 2.56. The monoisotopic (exact) mass is 320 g/mol. The molecule has 4 nitrogen and oxygen atoms in total. The first kappa shape index (κ1) is 17.4. The molecule has 0 amide bonds. The molecule has 0 aliphatic heterocycles. The van der Waals surface area contributed by atoms with Crippen molar-refractivity contribution in [1.29, 1.82) is 0 Å². The fourth-order valence-corrected chi connectivity index (χ4v) is 4.27. The Kier molecular flexibility index (Phi) is 6.00. The summed E-state index contributed by atoms with van der Waals surface area (Å²) < 4.78 is 40.3. The van der Waals surface area contributed by atoms with E-state index in [0.717, 1.165) is 0 Å². The first-order chi connectivity index (χ1) is 9.25. The van der Waals surface area contributed by atoms with Gasteiger partial charge in [0, 0.05) is 31.0 Å². The van der Waals surface area contributed by atoms with Crippen LogP contribution in [0.5, 0.6) is 0 Å². The van der Waals surface area contributed by atoms with Crippen LogP contribution in [-0.4, -0.2) is 37.8 Å². The smallest absolute Gasteiger partial charge is 0.243 e. The lowest BCUT2D eigenvalue weighted by Crippen LogP contribution is -2.37. The molecule has 7 heteroatoms. The Hall–Kier alpha value is -0.630. The average molecular weight is 320 g/mol. The highest BCUT2D eigenvalue weighted by Gasteiger charge is 2.28. The van der Waals surface area contributed by atoms with Crippen molar-refractivity contribution < 1.29 is 12.8 Å². The van der Waals surface area contributed by atoms with Gasteiger partial charge in [0.05, 0.1) is 4.90 Å². The molecule has 0 saturated heterocycles. The van der Waals surface area contributed by atoms with Crippen LogP contribution in [0.15, 0.2) is 17.0 Å². The molecule has 2 N–H and O–H groups in total. The maximum Gasteiger partial charge on any atom is 0.243 e. The Bertz CT molecular complexity index is 576. The molecule has 114 valence electrons. The van der Waals surface area contributed by atoms with E-state index in [-0.39, 0.29) is 23.0 Å². The molecule has 0 heterocycles. The summed E-state index contributed by atoms with van der Waals surface area (Å²) in [5, 5.41) is 0. The second-order valence-electron chi connectivity index (χ2n) is 4.73. The van der Waals surface area contributed by atoms with Crippen molar-refractivity contribution in [3.05, 3.63) is 29.1 Å². The third kappa shape index (κ3) is 3.52. The molecule has 20 heavy (non-hydrogen) atoms. The van der Waals surface area contributed by atoms with Gasteiger partial charge in [-0.2, -0.15) is 16.1 Å². The lowest BCUT2D eigenvalue weighted by atomic mass is 10.1. The molecule has 1 atom stereocenters. The molecule has 1 unspecified atom stereocenters. The molecule has 1 aromatic carbocycles. The molecule has 1 aromatic rings. The molecule has 0 spiro atoms.